The highest BCUT2D eigenvalue weighted by Crippen LogP contribution is 2.43. The fourth-order valence-corrected chi connectivity index (χ4v) is 7.86. The van der Waals surface area contributed by atoms with Crippen LogP contribution in [-0.2, 0) is 32.7 Å². The smallest absolute Gasteiger partial charge is 0.462 e. The van der Waals surface area contributed by atoms with Gasteiger partial charge < -0.3 is 18.9 Å². The van der Waals surface area contributed by atoms with E-state index >= 15 is 0 Å². The van der Waals surface area contributed by atoms with Crippen LogP contribution in [0.5, 0.6) is 0 Å². The van der Waals surface area contributed by atoms with E-state index in [1.807, 2.05) is 21.1 Å². The summed E-state index contributed by atoms with van der Waals surface area (Å²) in [5.74, 6) is -0.829. The van der Waals surface area contributed by atoms with Crippen LogP contribution in [0.15, 0.2) is 122 Å². The molecule has 72 heavy (non-hydrogen) atoms. The van der Waals surface area contributed by atoms with E-state index in [-0.39, 0.29) is 32.0 Å². The Morgan fingerprint density at radius 2 is 0.792 bits per heavy atom. The van der Waals surface area contributed by atoms with E-state index in [0.29, 0.717) is 17.4 Å². The lowest BCUT2D eigenvalue weighted by atomic mass is 10.1. The first kappa shape index (κ1) is 68.4. The lowest BCUT2D eigenvalue weighted by Gasteiger charge is -2.24. The van der Waals surface area contributed by atoms with Crippen molar-refractivity contribution in [3.8, 4) is 0 Å². The molecule has 0 aromatic carbocycles. The Labute approximate surface area is 441 Å². The summed E-state index contributed by atoms with van der Waals surface area (Å²) in [4.78, 5) is 35.6. The van der Waals surface area contributed by atoms with Gasteiger partial charge in [0.25, 0.3) is 0 Å². The molecule has 0 heterocycles. The third kappa shape index (κ3) is 55.7. The summed E-state index contributed by atoms with van der Waals surface area (Å²) in [7, 11) is 1.45. The van der Waals surface area contributed by atoms with E-state index in [0.717, 1.165) is 122 Å². The maximum Gasteiger partial charge on any atom is 0.472 e. The van der Waals surface area contributed by atoms with Crippen molar-refractivity contribution in [3.63, 3.8) is 0 Å². The number of carbonyl (C=O) groups excluding carboxylic acids is 2. The molecule has 0 aromatic heterocycles. The van der Waals surface area contributed by atoms with Gasteiger partial charge in [-0.25, -0.2) is 4.57 Å². The number of esters is 2. The Balaban J connectivity index is 4.18. The molecule has 9 nitrogen and oxygen atoms in total. The van der Waals surface area contributed by atoms with Crippen molar-refractivity contribution >= 4 is 19.8 Å². The Kier molecular flexibility index (Phi) is 49.7. The molecule has 0 aliphatic rings. The van der Waals surface area contributed by atoms with Crippen LogP contribution in [0.3, 0.4) is 0 Å². The molecule has 0 aliphatic heterocycles. The zero-order chi connectivity index (χ0) is 52.7. The van der Waals surface area contributed by atoms with Crippen LogP contribution in [0.4, 0.5) is 0 Å². The van der Waals surface area contributed by atoms with Gasteiger partial charge in [-0.1, -0.05) is 206 Å². The third-order valence-corrected chi connectivity index (χ3v) is 12.5. The molecule has 0 aliphatic carbocycles. The predicted molar refractivity (Wildman–Crippen MR) is 307 cm³/mol. The van der Waals surface area contributed by atoms with Crippen molar-refractivity contribution in [2.45, 2.75) is 213 Å². The van der Waals surface area contributed by atoms with Gasteiger partial charge in [-0.2, -0.15) is 0 Å². The zero-order valence-corrected chi connectivity index (χ0v) is 47.3. The molecule has 410 valence electrons. The molecule has 0 saturated carbocycles. The first-order valence-corrected chi connectivity index (χ1v) is 29.8. The molecule has 0 bridgehead atoms. The van der Waals surface area contributed by atoms with Crippen LogP contribution in [0, 0.1) is 0 Å². The van der Waals surface area contributed by atoms with Crippen LogP contribution in [0.25, 0.3) is 0 Å². The van der Waals surface area contributed by atoms with Crippen LogP contribution < -0.4 is 0 Å². The summed E-state index contributed by atoms with van der Waals surface area (Å²) in [5.41, 5.74) is 0. The molecule has 0 amide bonds. The first-order chi connectivity index (χ1) is 35.0. The number of ether oxygens (including phenoxy) is 2. The molecule has 1 N–H and O–H groups in total. The van der Waals surface area contributed by atoms with Crippen molar-refractivity contribution in [1.29, 1.82) is 0 Å². The van der Waals surface area contributed by atoms with Gasteiger partial charge in [0.05, 0.1) is 27.7 Å². The van der Waals surface area contributed by atoms with E-state index < -0.39 is 26.5 Å². The normalized spacial score (nSPS) is 14.2. The van der Waals surface area contributed by atoms with Crippen LogP contribution >= 0.6 is 7.82 Å². The average molecular weight is 1020 g/mol. The molecule has 0 rings (SSSR count). The Bertz CT molecular complexity index is 1630. The van der Waals surface area contributed by atoms with E-state index in [9.17, 15) is 19.0 Å². The van der Waals surface area contributed by atoms with E-state index in [2.05, 4.69) is 135 Å². The Morgan fingerprint density at radius 1 is 0.444 bits per heavy atom. The summed E-state index contributed by atoms with van der Waals surface area (Å²) in [6, 6.07) is 0. The van der Waals surface area contributed by atoms with Gasteiger partial charge in [0, 0.05) is 12.8 Å². The molecule has 0 fully saturated rings. The number of quaternary nitrogens is 1. The monoisotopic (exact) mass is 1020 g/mol. The minimum Gasteiger partial charge on any atom is -0.462 e. The summed E-state index contributed by atoms with van der Waals surface area (Å²) in [6.07, 6.45) is 74.1. The summed E-state index contributed by atoms with van der Waals surface area (Å²) < 4.78 is 34.4. The van der Waals surface area contributed by atoms with Gasteiger partial charge in [0.15, 0.2) is 6.10 Å². The lowest BCUT2D eigenvalue weighted by molar-refractivity contribution is -0.870. The SMILES string of the molecule is CC/C=C\C/C=C\C/C=C\C/C=C\C/C=C\C/C=C\C/C=C\C/C=C\C/C=C\CCCCCCCCCC(=O)OC(COC(=O)CCCCCCC/C=C\CCCCCC)COP(=O)(O)OCC[N+](C)(C)C. The molecule has 0 spiro atoms. The first-order valence-electron chi connectivity index (χ1n) is 28.3. The maximum absolute atomic E-state index is 12.8. The van der Waals surface area contributed by atoms with E-state index in [1.54, 1.807) is 0 Å². The number of rotatable bonds is 50. The Morgan fingerprint density at radius 3 is 1.19 bits per heavy atom. The number of carbonyl (C=O) groups is 2. The van der Waals surface area contributed by atoms with Gasteiger partial charge in [0.1, 0.15) is 19.8 Å². The largest absolute Gasteiger partial charge is 0.472 e. The van der Waals surface area contributed by atoms with Crippen LogP contribution in [-0.4, -0.2) is 74.9 Å². The average Bonchev–Trinajstić information content (AvgIpc) is 3.34. The van der Waals surface area contributed by atoms with Crippen molar-refractivity contribution < 1.29 is 42.1 Å². The highest BCUT2D eigenvalue weighted by Gasteiger charge is 2.27. The minimum atomic E-state index is -4.39. The fourth-order valence-electron chi connectivity index (χ4n) is 7.12. The number of allylic oxidation sites excluding steroid dienone is 20. The highest BCUT2D eigenvalue weighted by molar-refractivity contribution is 7.47. The molecule has 0 radical (unpaired) electrons. The lowest BCUT2D eigenvalue weighted by Crippen LogP contribution is -2.37. The second-order valence-corrected chi connectivity index (χ2v) is 21.0. The van der Waals surface area contributed by atoms with Gasteiger partial charge in [-0.3, -0.25) is 18.6 Å². The number of hydrogen-bond donors (Lipinski definition) is 1. The molecular weight excluding hydrogens is 918 g/mol. The van der Waals surface area contributed by atoms with Crippen molar-refractivity contribution in [2.75, 3.05) is 47.5 Å². The second-order valence-electron chi connectivity index (χ2n) is 19.6. The van der Waals surface area contributed by atoms with Crippen LogP contribution in [0.2, 0.25) is 0 Å². The van der Waals surface area contributed by atoms with E-state index in [4.69, 9.17) is 18.5 Å². The minimum absolute atomic E-state index is 0.0220. The molecule has 0 saturated heterocycles. The fraction of sp³-hybridized carbons (Fsp3) is 0.645. The quantitative estimate of drug-likeness (QED) is 0.0211. The van der Waals surface area contributed by atoms with E-state index in [1.165, 1.54) is 51.4 Å². The number of phosphoric ester groups is 1. The molecular formula is C62H105NO8P+. The zero-order valence-electron chi connectivity index (χ0n) is 46.4. The predicted octanol–water partition coefficient (Wildman–Crippen LogP) is 17.6. The second kappa shape index (κ2) is 52.3. The number of nitrogens with zero attached hydrogens (tertiary/aromatic N) is 1. The number of hydrogen-bond acceptors (Lipinski definition) is 7. The molecule has 10 heteroatoms. The third-order valence-electron chi connectivity index (χ3n) is 11.5. The van der Waals surface area contributed by atoms with Crippen molar-refractivity contribution in [3.05, 3.63) is 122 Å². The van der Waals surface area contributed by atoms with Crippen molar-refractivity contribution in [1.82, 2.24) is 0 Å². The molecule has 0 aromatic rings. The van der Waals surface area contributed by atoms with Gasteiger partial charge in [-0.15, -0.1) is 0 Å². The van der Waals surface area contributed by atoms with Gasteiger partial charge in [0.2, 0.25) is 0 Å². The van der Waals surface area contributed by atoms with Crippen molar-refractivity contribution in [2.24, 2.45) is 0 Å². The number of phosphoric acid groups is 1. The Hall–Kier alpha value is -3.59. The number of likely N-dealkylation sites (N-methyl/N-ethyl adjacent to an activating group) is 1. The number of unbranched alkanes of at least 4 members (excludes halogenated alkanes) is 16. The molecule has 2 atom stereocenters. The summed E-state index contributed by atoms with van der Waals surface area (Å²) in [6.45, 7) is 4.26. The van der Waals surface area contributed by atoms with Crippen LogP contribution in [0.1, 0.15) is 206 Å². The summed E-state index contributed by atoms with van der Waals surface area (Å²) in [5, 5.41) is 0. The van der Waals surface area contributed by atoms with Gasteiger partial charge in [-0.05, 0) is 109 Å². The maximum atomic E-state index is 12.8. The highest BCUT2D eigenvalue weighted by atomic mass is 31.2. The standard InChI is InChI=1S/C62H104NO8P/c1-6-8-10-12-14-16-18-20-21-22-23-24-25-26-27-28-29-30-31-32-33-34-35-36-37-38-39-40-41-43-45-47-49-51-53-55-62(65)71-60(59-70-72(66,67)69-57-56-63(3,4)5)58-68-61(64)54-52-50-48-46-44-42-19-17-15-13-11-9-7-2/h8,10,14,16-17,19-21,23-24,26-27,29-30,32-33,35-36,38-39,60H,6-7,9,11-13,15,18,22,25,28,31,34,37,40-59H2,1-5H3/p+1/b10-8-,16-14-,19-17-,21-20-,24-23-,27-26-,30-29-,33-32-,36-35-,39-38-. The summed E-state index contributed by atoms with van der Waals surface area (Å²) >= 11 is 0. The molecule has 2 unspecified atom stereocenters. The topological polar surface area (TPSA) is 108 Å². The van der Waals surface area contributed by atoms with Gasteiger partial charge >= 0.3 is 19.8 Å².